The van der Waals surface area contributed by atoms with E-state index in [1.165, 1.54) is 77.0 Å². The number of amides is 1. The maximum absolute atomic E-state index is 12.0. The summed E-state index contributed by atoms with van der Waals surface area (Å²) in [5.74, 6) is -0.524. The Morgan fingerprint density at radius 2 is 1.16 bits per heavy atom. The van der Waals surface area contributed by atoms with Crippen LogP contribution in [0.15, 0.2) is 12.2 Å². The van der Waals surface area contributed by atoms with Gasteiger partial charge >= 0.3 is 13.8 Å². The highest BCUT2D eigenvalue weighted by Crippen LogP contribution is 2.42. The first-order chi connectivity index (χ1) is 21.8. The molecular formula is C35H68NO8P. The Balaban J connectivity index is 3.63. The smallest absolute Gasteiger partial charge is 0.463 e. The summed E-state index contributed by atoms with van der Waals surface area (Å²) in [5.41, 5.74) is 0. The SMILES string of the molecule is CCCC/C=C\CCCCCCCC(=O)OCC(O)COP(=O)(O)OCCNC(=O)CCCCCCCCCCCCCCC. The molecule has 2 unspecified atom stereocenters. The van der Waals surface area contributed by atoms with E-state index in [0.717, 1.165) is 64.2 Å². The molecule has 266 valence electrons. The maximum Gasteiger partial charge on any atom is 0.472 e. The quantitative estimate of drug-likeness (QED) is 0.0269. The molecule has 0 aliphatic rings. The van der Waals surface area contributed by atoms with Crippen LogP contribution in [0.4, 0.5) is 0 Å². The highest BCUT2D eigenvalue weighted by molar-refractivity contribution is 7.47. The number of rotatable bonds is 34. The summed E-state index contributed by atoms with van der Waals surface area (Å²) in [6.07, 6.45) is 30.0. The van der Waals surface area contributed by atoms with Crippen molar-refractivity contribution in [2.75, 3.05) is 26.4 Å². The number of aliphatic hydroxyl groups is 1. The Bertz CT molecular complexity index is 764. The molecule has 0 aliphatic carbocycles. The van der Waals surface area contributed by atoms with Crippen molar-refractivity contribution in [3.8, 4) is 0 Å². The number of ether oxygens (including phenoxy) is 1. The Morgan fingerprint density at radius 1 is 0.667 bits per heavy atom. The Labute approximate surface area is 275 Å². The lowest BCUT2D eigenvalue weighted by Crippen LogP contribution is -2.27. The number of phosphoric acid groups is 1. The van der Waals surface area contributed by atoms with Gasteiger partial charge in [0.2, 0.25) is 5.91 Å². The summed E-state index contributed by atoms with van der Waals surface area (Å²) in [6.45, 7) is 3.49. The van der Waals surface area contributed by atoms with Crippen molar-refractivity contribution in [1.82, 2.24) is 5.32 Å². The summed E-state index contributed by atoms with van der Waals surface area (Å²) >= 11 is 0. The molecule has 45 heavy (non-hydrogen) atoms. The molecule has 3 N–H and O–H groups in total. The zero-order chi connectivity index (χ0) is 33.3. The molecule has 2 atom stereocenters. The molecule has 0 fully saturated rings. The minimum Gasteiger partial charge on any atom is -0.463 e. The number of carbonyl (C=O) groups excluding carboxylic acids is 2. The normalized spacial score (nSPS) is 13.6. The van der Waals surface area contributed by atoms with Crippen LogP contribution in [0.1, 0.15) is 168 Å². The van der Waals surface area contributed by atoms with Crippen molar-refractivity contribution in [2.45, 2.75) is 174 Å². The van der Waals surface area contributed by atoms with E-state index < -0.39 is 26.5 Å². The van der Waals surface area contributed by atoms with Crippen LogP contribution in [-0.4, -0.2) is 54.3 Å². The van der Waals surface area contributed by atoms with E-state index in [1.807, 2.05) is 0 Å². The Hall–Kier alpha value is -1.25. The van der Waals surface area contributed by atoms with E-state index in [4.69, 9.17) is 13.8 Å². The average molecular weight is 662 g/mol. The molecule has 0 aromatic carbocycles. The van der Waals surface area contributed by atoms with Crippen molar-refractivity contribution >= 4 is 19.7 Å². The molecule has 0 rings (SSSR count). The fourth-order valence-electron chi connectivity index (χ4n) is 4.89. The molecule has 0 heterocycles. The fourth-order valence-corrected chi connectivity index (χ4v) is 5.65. The van der Waals surface area contributed by atoms with Gasteiger partial charge in [0.15, 0.2) is 0 Å². The topological polar surface area (TPSA) is 131 Å². The largest absolute Gasteiger partial charge is 0.472 e. The standard InChI is InChI=1S/C35H68NO8P/c1-3-5-7-9-11-13-15-16-18-19-21-23-25-27-34(38)36-29-30-43-45(40,41)44-32-33(37)31-42-35(39)28-26-24-22-20-17-14-12-10-8-6-4-2/h10,12,33,37H,3-9,11,13-32H2,1-2H3,(H,36,38)(H,40,41)/b12-10-. The first-order valence-corrected chi connectivity index (χ1v) is 19.7. The van der Waals surface area contributed by atoms with Gasteiger partial charge in [-0.15, -0.1) is 0 Å². The first-order valence-electron chi connectivity index (χ1n) is 18.2. The van der Waals surface area contributed by atoms with Gasteiger partial charge in [0.05, 0.1) is 13.2 Å². The molecule has 0 aliphatic heterocycles. The summed E-state index contributed by atoms with van der Waals surface area (Å²) in [4.78, 5) is 33.6. The summed E-state index contributed by atoms with van der Waals surface area (Å²) in [6, 6.07) is 0. The maximum atomic E-state index is 12.0. The van der Waals surface area contributed by atoms with Crippen molar-refractivity contribution < 1.29 is 37.9 Å². The molecule has 0 saturated carbocycles. The zero-order valence-corrected chi connectivity index (χ0v) is 29.7. The number of phosphoric ester groups is 1. The van der Waals surface area contributed by atoms with Gasteiger partial charge in [-0.05, 0) is 32.1 Å². The second-order valence-corrected chi connectivity index (χ2v) is 13.7. The molecule has 0 aromatic heterocycles. The fraction of sp³-hybridized carbons (Fsp3) is 0.886. The summed E-state index contributed by atoms with van der Waals surface area (Å²) < 4.78 is 26.7. The third-order valence-electron chi connectivity index (χ3n) is 7.70. The number of aliphatic hydroxyl groups excluding tert-OH is 1. The van der Waals surface area contributed by atoms with E-state index in [1.54, 1.807) is 0 Å². The molecule has 0 aromatic rings. The predicted molar refractivity (Wildman–Crippen MR) is 183 cm³/mol. The third kappa shape index (κ3) is 33.9. The number of allylic oxidation sites excluding steroid dienone is 2. The van der Waals surface area contributed by atoms with Crippen LogP contribution in [0.25, 0.3) is 0 Å². The van der Waals surface area contributed by atoms with Crippen molar-refractivity contribution in [2.24, 2.45) is 0 Å². The van der Waals surface area contributed by atoms with Gasteiger partial charge in [-0.25, -0.2) is 4.57 Å². The van der Waals surface area contributed by atoms with Gasteiger partial charge < -0.3 is 20.1 Å². The lowest BCUT2D eigenvalue weighted by Gasteiger charge is -2.15. The highest BCUT2D eigenvalue weighted by atomic mass is 31.2. The van der Waals surface area contributed by atoms with Crippen LogP contribution in [-0.2, 0) is 27.9 Å². The molecule has 0 radical (unpaired) electrons. The number of hydrogen-bond donors (Lipinski definition) is 3. The van der Waals surface area contributed by atoms with E-state index in [-0.39, 0.29) is 32.1 Å². The van der Waals surface area contributed by atoms with Gasteiger partial charge in [-0.1, -0.05) is 135 Å². The summed E-state index contributed by atoms with van der Waals surface area (Å²) in [7, 11) is -4.40. The highest BCUT2D eigenvalue weighted by Gasteiger charge is 2.23. The monoisotopic (exact) mass is 661 g/mol. The molecule has 9 nitrogen and oxygen atoms in total. The van der Waals surface area contributed by atoms with Crippen LogP contribution in [0.5, 0.6) is 0 Å². The minimum absolute atomic E-state index is 0.0848. The number of esters is 1. The Kier molecular flexibility index (Phi) is 31.8. The third-order valence-corrected chi connectivity index (χ3v) is 8.68. The van der Waals surface area contributed by atoms with Crippen LogP contribution in [0.2, 0.25) is 0 Å². The molecular weight excluding hydrogens is 593 g/mol. The van der Waals surface area contributed by atoms with E-state index >= 15 is 0 Å². The number of hydrogen-bond acceptors (Lipinski definition) is 7. The zero-order valence-electron chi connectivity index (χ0n) is 28.8. The van der Waals surface area contributed by atoms with Crippen LogP contribution < -0.4 is 5.32 Å². The second kappa shape index (κ2) is 32.7. The average Bonchev–Trinajstić information content (AvgIpc) is 3.02. The van der Waals surface area contributed by atoms with Gasteiger partial charge in [-0.2, -0.15) is 0 Å². The van der Waals surface area contributed by atoms with Crippen LogP contribution in [0.3, 0.4) is 0 Å². The van der Waals surface area contributed by atoms with E-state index in [0.29, 0.717) is 6.42 Å². The Morgan fingerprint density at radius 3 is 1.73 bits per heavy atom. The van der Waals surface area contributed by atoms with Gasteiger partial charge in [0, 0.05) is 19.4 Å². The summed E-state index contributed by atoms with van der Waals surface area (Å²) in [5, 5.41) is 12.6. The molecule has 0 bridgehead atoms. The van der Waals surface area contributed by atoms with Crippen molar-refractivity contribution in [3.63, 3.8) is 0 Å². The number of nitrogens with one attached hydrogen (secondary N) is 1. The van der Waals surface area contributed by atoms with Gasteiger partial charge in [-0.3, -0.25) is 18.6 Å². The number of carbonyl (C=O) groups is 2. The lowest BCUT2D eigenvalue weighted by molar-refractivity contribution is -0.147. The second-order valence-electron chi connectivity index (χ2n) is 12.2. The minimum atomic E-state index is -4.40. The van der Waals surface area contributed by atoms with E-state index in [9.17, 15) is 24.2 Å². The predicted octanol–water partition coefficient (Wildman–Crippen LogP) is 9.10. The number of unbranched alkanes of at least 4 members (excludes halogenated alkanes) is 19. The van der Waals surface area contributed by atoms with Crippen molar-refractivity contribution in [3.05, 3.63) is 12.2 Å². The van der Waals surface area contributed by atoms with E-state index in [2.05, 4.69) is 31.3 Å². The van der Waals surface area contributed by atoms with Crippen LogP contribution >= 0.6 is 7.82 Å². The van der Waals surface area contributed by atoms with Gasteiger partial charge in [0.25, 0.3) is 0 Å². The lowest BCUT2D eigenvalue weighted by atomic mass is 10.0. The van der Waals surface area contributed by atoms with Crippen molar-refractivity contribution in [1.29, 1.82) is 0 Å². The molecule has 1 amide bonds. The van der Waals surface area contributed by atoms with Gasteiger partial charge in [0.1, 0.15) is 12.7 Å². The molecule has 0 spiro atoms. The van der Waals surface area contributed by atoms with Crippen LogP contribution in [0, 0.1) is 0 Å². The molecule has 10 heteroatoms. The first kappa shape index (κ1) is 43.8. The molecule has 0 saturated heterocycles.